The molecule has 0 amide bonds. The molecule has 2 aliphatic rings. The van der Waals surface area contributed by atoms with Gasteiger partial charge in [-0.05, 0) is 50.4 Å². The molecule has 0 heterocycles. The maximum absolute atomic E-state index is 12.6. The van der Waals surface area contributed by atoms with E-state index in [1.165, 1.54) is 0 Å². The normalized spacial score (nSPS) is 45.8. The summed E-state index contributed by atoms with van der Waals surface area (Å²) in [5.74, 6) is 2.04. The number of Topliss-reactive ketones (excluding diaryl/α,β-unsaturated/α-hetero) is 1. The molecule has 3 heteroatoms. The fourth-order valence-corrected chi connectivity index (χ4v) is 3.69. The van der Waals surface area contributed by atoms with E-state index in [2.05, 4.69) is 13.8 Å². The van der Waals surface area contributed by atoms with Crippen molar-refractivity contribution in [2.75, 3.05) is 0 Å². The molecule has 0 bridgehead atoms. The molecule has 6 unspecified atom stereocenters. The van der Waals surface area contributed by atoms with E-state index in [-0.39, 0.29) is 11.8 Å². The molecule has 4 N–H and O–H groups in total. The lowest BCUT2D eigenvalue weighted by Gasteiger charge is -2.36. The van der Waals surface area contributed by atoms with Crippen molar-refractivity contribution in [3.63, 3.8) is 0 Å². The zero-order valence-corrected chi connectivity index (χ0v) is 11.8. The van der Waals surface area contributed by atoms with Crippen molar-refractivity contribution in [2.24, 2.45) is 35.1 Å². The summed E-state index contributed by atoms with van der Waals surface area (Å²) in [7, 11) is 0. The summed E-state index contributed by atoms with van der Waals surface area (Å²) in [6, 6.07) is 0.598. The minimum atomic E-state index is 0.270. The summed E-state index contributed by atoms with van der Waals surface area (Å²) >= 11 is 0. The van der Waals surface area contributed by atoms with Gasteiger partial charge >= 0.3 is 0 Å². The molecule has 0 aliphatic heterocycles. The summed E-state index contributed by atoms with van der Waals surface area (Å²) in [6.45, 7) is 4.37. The van der Waals surface area contributed by atoms with Crippen molar-refractivity contribution in [1.29, 1.82) is 0 Å². The molecular formula is C15H28N2O. The first kappa shape index (κ1) is 14.0. The molecule has 2 aliphatic carbocycles. The number of hydrogen-bond donors (Lipinski definition) is 2. The van der Waals surface area contributed by atoms with Crippen molar-refractivity contribution in [3.8, 4) is 0 Å². The second-order valence-corrected chi connectivity index (χ2v) is 6.70. The molecule has 2 fully saturated rings. The van der Waals surface area contributed by atoms with Crippen LogP contribution in [0.4, 0.5) is 0 Å². The summed E-state index contributed by atoms with van der Waals surface area (Å²) in [5, 5.41) is 0. The lowest BCUT2D eigenvalue weighted by molar-refractivity contribution is -0.129. The molecule has 3 nitrogen and oxygen atoms in total. The predicted octanol–water partition coefficient (Wildman–Crippen LogP) is 2.08. The molecule has 104 valence electrons. The van der Waals surface area contributed by atoms with Gasteiger partial charge in [-0.3, -0.25) is 4.79 Å². The van der Waals surface area contributed by atoms with Gasteiger partial charge in [-0.1, -0.05) is 13.8 Å². The fourth-order valence-electron chi connectivity index (χ4n) is 3.69. The molecular weight excluding hydrogens is 224 g/mol. The first-order chi connectivity index (χ1) is 8.49. The van der Waals surface area contributed by atoms with Crippen LogP contribution in [0.5, 0.6) is 0 Å². The highest BCUT2D eigenvalue weighted by atomic mass is 16.1. The van der Waals surface area contributed by atoms with E-state index in [1.54, 1.807) is 0 Å². The van der Waals surface area contributed by atoms with Crippen LogP contribution in [0.1, 0.15) is 52.4 Å². The number of hydrogen-bond acceptors (Lipinski definition) is 3. The van der Waals surface area contributed by atoms with Gasteiger partial charge in [-0.25, -0.2) is 0 Å². The third-order valence-electron chi connectivity index (χ3n) is 5.28. The highest BCUT2D eigenvalue weighted by Gasteiger charge is 2.36. The average Bonchev–Trinajstić information content (AvgIpc) is 2.35. The molecule has 0 aromatic carbocycles. The Hall–Kier alpha value is -0.410. The minimum absolute atomic E-state index is 0.270. The lowest BCUT2D eigenvalue weighted by Crippen LogP contribution is -2.41. The van der Waals surface area contributed by atoms with Crippen molar-refractivity contribution in [3.05, 3.63) is 0 Å². The standard InChI is InChI=1S/C15H28N2O/c1-9-7-11(3-5-13(9)16)15(18)12-4-6-14(17)10(2)8-12/h9-14H,3-8,16-17H2,1-2H3. The smallest absolute Gasteiger partial charge is 0.139 e. The van der Waals surface area contributed by atoms with Gasteiger partial charge in [0.1, 0.15) is 5.78 Å². The van der Waals surface area contributed by atoms with E-state index < -0.39 is 0 Å². The van der Waals surface area contributed by atoms with Crippen LogP contribution in [0.2, 0.25) is 0 Å². The molecule has 2 saturated carbocycles. The number of rotatable bonds is 2. The van der Waals surface area contributed by atoms with E-state index in [4.69, 9.17) is 11.5 Å². The summed E-state index contributed by atoms with van der Waals surface area (Å²) < 4.78 is 0. The third-order valence-corrected chi connectivity index (χ3v) is 5.28. The second-order valence-electron chi connectivity index (χ2n) is 6.70. The lowest BCUT2D eigenvalue weighted by atomic mass is 9.70. The summed E-state index contributed by atoms with van der Waals surface area (Å²) in [4.78, 5) is 12.6. The van der Waals surface area contributed by atoms with Crippen molar-refractivity contribution in [1.82, 2.24) is 0 Å². The van der Waals surface area contributed by atoms with Gasteiger partial charge < -0.3 is 11.5 Å². The molecule has 0 spiro atoms. The average molecular weight is 252 g/mol. The number of ketones is 1. The Labute approximate surface area is 111 Å². The van der Waals surface area contributed by atoms with E-state index in [0.29, 0.717) is 29.7 Å². The topological polar surface area (TPSA) is 69.1 Å². The Morgan fingerprint density at radius 1 is 0.833 bits per heavy atom. The molecule has 0 aromatic heterocycles. The van der Waals surface area contributed by atoms with Crippen LogP contribution in [-0.2, 0) is 4.79 Å². The van der Waals surface area contributed by atoms with Gasteiger partial charge in [0.15, 0.2) is 0 Å². The Kier molecular flexibility index (Phi) is 4.44. The minimum Gasteiger partial charge on any atom is -0.327 e. The van der Waals surface area contributed by atoms with Crippen LogP contribution in [-0.4, -0.2) is 17.9 Å². The van der Waals surface area contributed by atoms with Gasteiger partial charge in [0.25, 0.3) is 0 Å². The van der Waals surface area contributed by atoms with Gasteiger partial charge in [-0.15, -0.1) is 0 Å². The Balaban J connectivity index is 1.91. The zero-order chi connectivity index (χ0) is 13.3. The first-order valence-corrected chi connectivity index (χ1v) is 7.54. The molecule has 0 aromatic rings. The quantitative estimate of drug-likeness (QED) is 0.790. The van der Waals surface area contributed by atoms with Gasteiger partial charge in [0.2, 0.25) is 0 Å². The van der Waals surface area contributed by atoms with E-state index in [0.717, 1.165) is 38.5 Å². The van der Waals surface area contributed by atoms with Crippen molar-refractivity contribution in [2.45, 2.75) is 64.5 Å². The van der Waals surface area contributed by atoms with E-state index in [9.17, 15) is 4.79 Å². The Morgan fingerprint density at radius 3 is 1.56 bits per heavy atom. The molecule has 0 saturated heterocycles. The molecule has 2 rings (SSSR count). The second kappa shape index (κ2) is 5.70. The van der Waals surface area contributed by atoms with Crippen LogP contribution >= 0.6 is 0 Å². The van der Waals surface area contributed by atoms with Crippen LogP contribution in [0.25, 0.3) is 0 Å². The predicted molar refractivity (Wildman–Crippen MR) is 74.0 cm³/mol. The highest BCUT2D eigenvalue weighted by Crippen LogP contribution is 2.35. The first-order valence-electron chi connectivity index (χ1n) is 7.54. The fraction of sp³-hybridized carbons (Fsp3) is 0.933. The van der Waals surface area contributed by atoms with Crippen LogP contribution in [0, 0.1) is 23.7 Å². The monoisotopic (exact) mass is 252 g/mol. The van der Waals surface area contributed by atoms with Gasteiger partial charge in [0.05, 0.1) is 0 Å². The number of carbonyl (C=O) groups is 1. The number of carbonyl (C=O) groups excluding carboxylic acids is 1. The van der Waals surface area contributed by atoms with Crippen LogP contribution < -0.4 is 11.5 Å². The number of nitrogens with two attached hydrogens (primary N) is 2. The Bertz CT molecular complexity index is 277. The van der Waals surface area contributed by atoms with Crippen molar-refractivity contribution >= 4 is 5.78 Å². The molecule has 0 radical (unpaired) electrons. The molecule has 18 heavy (non-hydrogen) atoms. The van der Waals surface area contributed by atoms with Gasteiger partial charge in [0, 0.05) is 23.9 Å². The van der Waals surface area contributed by atoms with Crippen LogP contribution in [0.15, 0.2) is 0 Å². The molecule has 6 atom stereocenters. The maximum Gasteiger partial charge on any atom is 0.139 e. The highest BCUT2D eigenvalue weighted by molar-refractivity contribution is 5.83. The SMILES string of the molecule is CC1CC(C(=O)C2CCC(N)C(C)C2)CCC1N. The summed E-state index contributed by atoms with van der Waals surface area (Å²) in [6.07, 6.45) is 6.02. The van der Waals surface area contributed by atoms with Crippen LogP contribution in [0.3, 0.4) is 0 Å². The van der Waals surface area contributed by atoms with Gasteiger partial charge in [-0.2, -0.15) is 0 Å². The summed E-state index contributed by atoms with van der Waals surface area (Å²) in [5.41, 5.74) is 12.1. The zero-order valence-electron chi connectivity index (χ0n) is 11.8. The van der Waals surface area contributed by atoms with Crippen molar-refractivity contribution < 1.29 is 4.79 Å². The van der Waals surface area contributed by atoms with E-state index >= 15 is 0 Å². The van der Waals surface area contributed by atoms with E-state index in [1.807, 2.05) is 0 Å². The maximum atomic E-state index is 12.6. The largest absolute Gasteiger partial charge is 0.327 e. The third kappa shape index (κ3) is 2.94. The Morgan fingerprint density at radius 2 is 1.22 bits per heavy atom.